The van der Waals surface area contributed by atoms with E-state index in [1.807, 2.05) is 42.5 Å². The van der Waals surface area contributed by atoms with Gasteiger partial charge < -0.3 is 23.7 Å². The molecule has 2 aromatic carbocycles. The zero-order chi connectivity index (χ0) is 30.2. The van der Waals surface area contributed by atoms with E-state index in [4.69, 9.17) is 18.6 Å². The number of aliphatic hydroxyl groups is 1. The van der Waals surface area contributed by atoms with Crippen molar-refractivity contribution in [3.63, 3.8) is 0 Å². The van der Waals surface area contributed by atoms with Crippen molar-refractivity contribution in [1.82, 2.24) is 0 Å². The first-order chi connectivity index (χ1) is 18.5. The molecule has 0 aliphatic heterocycles. The van der Waals surface area contributed by atoms with Gasteiger partial charge in [0.1, 0.15) is 11.2 Å². The fourth-order valence-corrected chi connectivity index (χ4v) is 8.87. The van der Waals surface area contributed by atoms with Crippen LogP contribution in [0.15, 0.2) is 72.8 Å². The summed E-state index contributed by atoms with van der Waals surface area (Å²) in [5.41, 5.74) is -1.67. The largest absolute Gasteiger partial charge is 0.458 e. The Morgan fingerprint density at radius 2 is 1.15 bits per heavy atom. The molecule has 1 N–H and O–H groups in total. The summed E-state index contributed by atoms with van der Waals surface area (Å²) in [4.78, 5) is 25.3. The van der Waals surface area contributed by atoms with Crippen LogP contribution in [-0.4, -0.2) is 62.0 Å². The molecule has 2 aromatic rings. The van der Waals surface area contributed by atoms with Gasteiger partial charge in [-0.15, -0.1) is 0 Å². The zero-order valence-electron chi connectivity index (χ0n) is 25.4. The van der Waals surface area contributed by atoms with Gasteiger partial charge in [0.2, 0.25) is 0 Å². The Bertz CT molecular complexity index is 1070. The Balaban J connectivity index is 2.21. The molecule has 0 saturated heterocycles. The monoisotopic (exact) mass is 570 g/mol. The first kappa shape index (κ1) is 33.4. The molecule has 220 valence electrons. The van der Waals surface area contributed by atoms with Crippen LogP contribution in [0.4, 0.5) is 0 Å². The van der Waals surface area contributed by atoms with Crippen LogP contribution in [0.2, 0.25) is 5.04 Å². The van der Waals surface area contributed by atoms with Crippen LogP contribution in [-0.2, 0) is 28.2 Å². The number of carbonyl (C=O) groups is 2. The van der Waals surface area contributed by atoms with E-state index in [0.717, 1.165) is 0 Å². The summed E-state index contributed by atoms with van der Waals surface area (Å²) in [5.74, 6) is -1.80. The van der Waals surface area contributed by atoms with Crippen molar-refractivity contribution in [1.29, 1.82) is 0 Å². The lowest BCUT2D eigenvalue weighted by Gasteiger charge is -2.42. The average Bonchev–Trinajstić information content (AvgIpc) is 2.83. The van der Waals surface area contributed by atoms with E-state index >= 15 is 0 Å². The molecule has 0 bridgehead atoms. The molecular weight excluding hydrogens is 524 g/mol. The number of carbonyl (C=O) groups excluding carboxylic acids is 2. The van der Waals surface area contributed by atoms with Crippen LogP contribution in [0.3, 0.4) is 0 Å². The molecule has 0 aromatic heterocycles. The highest BCUT2D eigenvalue weighted by Gasteiger charge is 2.49. The average molecular weight is 571 g/mol. The minimum atomic E-state index is -2.70. The summed E-state index contributed by atoms with van der Waals surface area (Å²) in [6.45, 7) is 17.0. The number of ether oxygens (including phenoxy) is 3. The molecule has 2 atom stereocenters. The van der Waals surface area contributed by atoms with Gasteiger partial charge in [-0.05, 0) is 57.0 Å². The van der Waals surface area contributed by atoms with Crippen molar-refractivity contribution in [2.75, 3.05) is 13.2 Å². The lowest BCUT2D eigenvalue weighted by atomic mass is 10.1. The van der Waals surface area contributed by atoms with Gasteiger partial charge in [-0.2, -0.15) is 0 Å². The molecule has 0 aliphatic carbocycles. The van der Waals surface area contributed by atoms with Crippen LogP contribution in [0.25, 0.3) is 0 Å². The maximum atomic E-state index is 12.8. The van der Waals surface area contributed by atoms with Crippen LogP contribution >= 0.6 is 0 Å². The Morgan fingerprint density at radius 1 is 0.725 bits per heavy atom. The molecule has 2 rings (SSSR count). The summed E-state index contributed by atoms with van der Waals surface area (Å²) >= 11 is 0. The standard InChI is InChI=1S/C32H46O7Si/c1-30(2,3)38-28(34)26(33)27(29(35)39-31(4,5)6)36-22-16-17-23-37-40(32(7,8)9,24-18-12-10-13-19-24)25-20-14-11-15-21-25/h10-21,26-27,33H,22-23H2,1-9H3/t26-,27-/m1/s1. The molecule has 0 fully saturated rings. The molecule has 8 heteroatoms. The van der Waals surface area contributed by atoms with Gasteiger partial charge in [0.15, 0.2) is 12.2 Å². The summed E-state index contributed by atoms with van der Waals surface area (Å²) in [7, 11) is -2.70. The maximum absolute atomic E-state index is 12.8. The SMILES string of the molecule is CC(C)(C)OC(=O)[C@H](O)[C@@H](OCC=CCO[Si](c1ccccc1)(c1ccccc1)C(C)(C)C)C(=O)OC(C)(C)C. The molecule has 0 radical (unpaired) electrons. The number of esters is 2. The quantitative estimate of drug-likeness (QED) is 0.241. The van der Waals surface area contributed by atoms with Gasteiger partial charge in [-0.25, -0.2) is 9.59 Å². The van der Waals surface area contributed by atoms with Crippen LogP contribution < -0.4 is 10.4 Å². The molecule has 0 heterocycles. The van der Waals surface area contributed by atoms with E-state index < -0.39 is 43.7 Å². The summed E-state index contributed by atoms with van der Waals surface area (Å²) in [6, 6.07) is 20.6. The lowest BCUT2D eigenvalue weighted by Crippen LogP contribution is -2.66. The Morgan fingerprint density at radius 3 is 1.57 bits per heavy atom. The summed E-state index contributed by atoms with van der Waals surface area (Å²) in [6.07, 6.45) is 0.148. The van der Waals surface area contributed by atoms with E-state index in [1.165, 1.54) is 10.4 Å². The Labute approximate surface area is 240 Å². The predicted octanol–water partition coefficient (Wildman–Crippen LogP) is 4.55. The number of hydrogen-bond acceptors (Lipinski definition) is 7. The maximum Gasteiger partial charge on any atom is 0.339 e. The fraction of sp³-hybridized carbons (Fsp3) is 0.500. The lowest BCUT2D eigenvalue weighted by molar-refractivity contribution is -0.189. The normalized spacial score (nSPS) is 14.6. The van der Waals surface area contributed by atoms with E-state index in [2.05, 4.69) is 45.0 Å². The van der Waals surface area contributed by atoms with E-state index in [0.29, 0.717) is 6.61 Å². The van der Waals surface area contributed by atoms with Crippen LogP contribution in [0.1, 0.15) is 62.3 Å². The minimum Gasteiger partial charge on any atom is -0.458 e. The molecule has 40 heavy (non-hydrogen) atoms. The Kier molecular flexibility index (Phi) is 11.5. The van der Waals surface area contributed by atoms with E-state index in [9.17, 15) is 14.7 Å². The van der Waals surface area contributed by atoms with Gasteiger partial charge >= 0.3 is 11.9 Å². The molecule has 0 aliphatic rings. The highest BCUT2D eigenvalue weighted by atomic mass is 28.4. The van der Waals surface area contributed by atoms with Crippen molar-refractivity contribution < 1.29 is 33.3 Å². The number of benzene rings is 2. The van der Waals surface area contributed by atoms with E-state index in [-0.39, 0.29) is 11.6 Å². The molecule has 7 nitrogen and oxygen atoms in total. The third-order valence-corrected chi connectivity index (χ3v) is 10.9. The summed E-state index contributed by atoms with van der Waals surface area (Å²) < 4.78 is 23.1. The third-order valence-electron chi connectivity index (χ3n) is 5.93. The van der Waals surface area contributed by atoms with Gasteiger partial charge in [-0.3, -0.25) is 0 Å². The first-order valence-electron chi connectivity index (χ1n) is 13.6. The fourth-order valence-electron chi connectivity index (χ4n) is 4.36. The van der Waals surface area contributed by atoms with Crippen LogP contribution in [0, 0.1) is 0 Å². The predicted molar refractivity (Wildman–Crippen MR) is 160 cm³/mol. The number of hydrogen-bond donors (Lipinski definition) is 1. The second kappa shape index (κ2) is 13.7. The van der Waals surface area contributed by atoms with Crippen molar-refractivity contribution in [2.45, 2.75) is 90.8 Å². The molecule has 0 saturated carbocycles. The second-order valence-corrected chi connectivity index (χ2v) is 17.0. The van der Waals surface area contributed by atoms with Crippen molar-refractivity contribution in [3.8, 4) is 0 Å². The zero-order valence-corrected chi connectivity index (χ0v) is 26.4. The molecule has 0 unspecified atom stereocenters. The molecule has 0 amide bonds. The van der Waals surface area contributed by atoms with Crippen molar-refractivity contribution >= 4 is 30.6 Å². The first-order valence-corrected chi connectivity index (χ1v) is 15.5. The minimum absolute atomic E-state index is 0.0477. The highest BCUT2D eigenvalue weighted by Crippen LogP contribution is 2.36. The smallest absolute Gasteiger partial charge is 0.339 e. The van der Waals surface area contributed by atoms with Crippen LogP contribution in [0.5, 0.6) is 0 Å². The molecule has 0 spiro atoms. The number of rotatable bonds is 11. The Hall–Kier alpha value is -2.78. The highest BCUT2D eigenvalue weighted by molar-refractivity contribution is 6.99. The number of aliphatic hydroxyl groups excluding tert-OH is 1. The van der Waals surface area contributed by atoms with E-state index in [1.54, 1.807) is 47.6 Å². The van der Waals surface area contributed by atoms with Crippen molar-refractivity contribution in [2.24, 2.45) is 0 Å². The van der Waals surface area contributed by atoms with Gasteiger partial charge in [0, 0.05) is 0 Å². The molecular formula is C32H46O7Si. The van der Waals surface area contributed by atoms with Gasteiger partial charge in [0.25, 0.3) is 8.32 Å². The van der Waals surface area contributed by atoms with Gasteiger partial charge in [0.05, 0.1) is 13.2 Å². The van der Waals surface area contributed by atoms with Gasteiger partial charge in [-0.1, -0.05) is 93.6 Å². The topological polar surface area (TPSA) is 91.3 Å². The summed E-state index contributed by atoms with van der Waals surface area (Å²) in [5, 5.41) is 12.8. The second-order valence-electron chi connectivity index (χ2n) is 12.7. The van der Waals surface area contributed by atoms with Crippen molar-refractivity contribution in [3.05, 3.63) is 72.8 Å². The third kappa shape index (κ3) is 9.40.